The third kappa shape index (κ3) is 4.92. The van der Waals surface area contributed by atoms with Crippen molar-refractivity contribution in [3.05, 3.63) is 66.5 Å². The van der Waals surface area contributed by atoms with Crippen LogP contribution in [-0.4, -0.2) is 40.1 Å². The molecule has 0 bridgehead atoms. The highest BCUT2D eigenvalue weighted by Crippen LogP contribution is 2.22. The number of carbonyl (C=O) groups excluding carboxylic acids is 1. The molecule has 0 fully saturated rings. The lowest BCUT2D eigenvalue weighted by Crippen LogP contribution is -2.81. The summed E-state index contributed by atoms with van der Waals surface area (Å²) < 4.78 is 37.9. The van der Waals surface area contributed by atoms with Gasteiger partial charge in [-0.25, -0.2) is 9.97 Å². The highest BCUT2D eigenvalue weighted by Gasteiger charge is 2.36. The summed E-state index contributed by atoms with van der Waals surface area (Å²) in [7, 11) is 1.51. The Labute approximate surface area is 163 Å². The number of nitrogens with one attached hydrogen (secondary N) is 1. The van der Waals surface area contributed by atoms with Crippen LogP contribution in [0.4, 0.5) is 13.2 Å². The second-order valence-electron chi connectivity index (χ2n) is 6.16. The fourth-order valence-corrected chi connectivity index (χ4v) is 2.57. The van der Waals surface area contributed by atoms with Crippen LogP contribution in [0.15, 0.2) is 60.9 Å². The molecule has 7 nitrogen and oxygen atoms in total. The number of amides is 1. The predicted octanol–water partition coefficient (Wildman–Crippen LogP) is 1.35. The van der Waals surface area contributed by atoms with Crippen molar-refractivity contribution in [3.63, 3.8) is 0 Å². The summed E-state index contributed by atoms with van der Waals surface area (Å²) >= 11 is 0. The van der Waals surface area contributed by atoms with Gasteiger partial charge in [0.15, 0.2) is 0 Å². The maximum atomic E-state index is 12.6. The minimum atomic E-state index is -4.59. The van der Waals surface area contributed by atoms with Gasteiger partial charge in [0.1, 0.15) is 12.4 Å². The van der Waals surface area contributed by atoms with E-state index in [9.17, 15) is 18.0 Å². The van der Waals surface area contributed by atoms with E-state index in [1.165, 1.54) is 18.7 Å². The van der Waals surface area contributed by atoms with Crippen molar-refractivity contribution in [3.8, 4) is 11.3 Å². The lowest BCUT2D eigenvalue weighted by Gasteiger charge is -2.13. The van der Waals surface area contributed by atoms with Crippen LogP contribution in [0.2, 0.25) is 0 Å². The zero-order valence-electron chi connectivity index (χ0n) is 15.3. The van der Waals surface area contributed by atoms with Crippen LogP contribution >= 0.6 is 0 Å². The highest BCUT2D eigenvalue weighted by molar-refractivity contribution is 5.98. The van der Waals surface area contributed by atoms with Gasteiger partial charge in [-0.3, -0.25) is 15.1 Å². The first-order chi connectivity index (χ1) is 13.8. The van der Waals surface area contributed by atoms with Crippen LogP contribution in [0, 0.1) is 0 Å². The first kappa shape index (κ1) is 20.4. The lowest BCUT2D eigenvalue weighted by molar-refractivity contribution is -0.580. The van der Waals surface area contributed by atoms with Gasteiger partial charge in [-0.2, -0.15) is 13.2 Å². The molecular weight excluding hydrogens is 385 g/mol. The summed E-state index contributed by atoms with van der Waals surface area (Å²) in [5.74, 6) is -0.584. The number of aromatic nitrogens is 3. The van der Waals surface area contributed by atoms with E-state index in [2.05, 4.69) is 20.3 Å². The van der Waals surface area contributed by atoms with Crippen LogP contribution in [0.1, 0.15) is 10.4 Å². The van der Waals surface area contributed by atoms with E-state index in [0.29, 0.717) is 11.2 Å². The number of quaternary nitrogens is 1. The fraction of sp³-hybridized carbons (Fsp3) is 0.158. The third-order valence-electron chi connectivity index (χ3n) is 4.13. The molecule has 0 radical (unpaired) electrons. The maximum absolute atomic E-state index is 12.6. The molecule has 29 heavy (non-hydrogen) atoms. The van der Waals surface area contributed by atoms with Crippen LogP contribution in [-0.2, 0) is 0 Å². The Morgan fingerprint density at radius 1 is 1.24 bits per heavy atom. The van der Waals surface area contributed by atoms with Crippen molar-refractivity contribution in [1.29, 1.82) is 0 Å². The highest BCUT2D eigenvalue weighted by atomic mass is 19.4. The monoisotopic (exact) mass is 403 g/mol. The van der Waals surface area contributed by atoms with Crippen molar-refractivity contribution < 1.29 is 23.3 Å². The number of pyridine rings is 1. The standard InChI is InChI=1S/C19H17F3N6O/c1-24-17(8-16(23)19(20,21)22)28-18(29)12-3-2-11-6-13(9-26-15(11)7-12)14-4-5-25-10-27-14/h2-10,16,24H,23H2,1H3,(H,28,29)/p+1/b17-8+. The third-order valence-corrected chi connectivity index (χ3v) is 4.13. The molecule has 1 amide bonds. The van der Waals surface area contributed by atoms with E-state index in [0.717, 1.165) is 17.0 Å². The summed E-state index contributed by atoms with van der Waals surface area (Å²) in [6, 6.07) is 6.30. The number of fused-ring (bicyclic) bond motifs is 1. The minimum Gasteiger partial charge on any atom is -0.317 e. The largest absolute Gasteiger partial charge is 0.407 e. The van der Waals surface area contributed by atoms with Gasteiger partial charge < -0.3 is 11.1 Å². The molecule has 0 spiro atoms. The van der Waals surface area contributed by atoms with Crippen LogP contribution in [0.25, 0.3) is 22.2 Å². The summed E-state index contributed by atoms with van der Waals surface area (Å²) in [4.78, 5) is 24.8. The van der Waals surface area contributed by atoms with Gasteiger partial charge in [-0.05, 0) is 24.3 Å². The number of hydrogen-bond acceptors (Lipinski definition) is 5. The molecule has 5 N–H and O–H groups in total. The summed E-state index contributed by atoms with van der Waals surface area (Å²) in [6.07, 6.45) is 0.853. The molecule has 0 saturated carbocycles. The topological polar surface area (TPSA) is 110 Å². The molecule has 2 heterocycles. The molecule has 10 heteroatoms. The van der Waals surface area contributed by atoms with Crippen LogP contribution in [0.5, 0.6) is 0 Å². The molecule has 150 valence electrons. The Morgan fingerprint density at radius 2 is 2.03 bits per heavy atom. The molecule has 1 unspecified atom stereocenters. The van der Waals surface area contributed by atoms with Crippen molar-refractivity contribution in [1.82, 2.24) is 20.3 Å². The Bertz CT molecular complexity index is 1050. The van der Waals surface area contributed by atoms with Gasteiger partial charge in [-0.15, -0.1) is 0 Å². The average Bonchev–Trinajstić information content (AvgIpc) is 2.72. The first-order valence-corrected chi connectivity index (χ1v) is 8.59. The summed E-state index contributed by atoms with van der Waals surface area (Å²) in [6.45, 7) is 0. The first-order valence-electron chi connectivity index (χ1n) is 8.59. The number of alkyl halides is 3. The van der Waals surface area contributed by atoms with Crippen molar-refractivity contribution in [2.75, 3.05) is 7.05 Å². The Morgan fingerprint density at radius 3 is 2.69 bits per heavy atom. The number of benzene rings is 1. The fourth-order valence-electron chi connectivity index (χ4n) is 2.57. The molecule has 3 rings (SSSR count). The number of nitrogens with two attached hydrogens (primary N) is 2. The van der Waals surface area contributed by atoms with Crippen molar-refractivity contribution in [2.24, 2.45) is 5.73 Å². The molecule has 0 aliphatic rings. The average molecular weight is 403 g/mol. The normalized spacial score (nSPS) is 13.3. The van der Waals surface area contributed by atoms with Gasteiger partial charge >= 0.3 is 6.18 Å². The second kappa shape index (κ2) is 8.33. The molecule has 0 aliphatic heterocycles. The van der Waals surface area contributed by atoms with Crippen molar-refractivity contribution >= 4 is 16.8 Å². The Balaban J connectivity index is 1.82. The number of carbonyl (C=O) groups is 1. The number of rotatable bonds is 5. The van der Waals surface area contributed by atoms with E-state index in [-0.39, 0.29) is 11.4 Å². The van der Waals surface area contributed by atoms with E-state index in [1.54, 1.807) is 36.7 Å². The molecule has 3 aromatic rings. The van der Waals surface area contributed by atoms with Crippen LogP contribution in [0.3, 0.4) is 0 Å². The summed E-state index contributed by atoms with van der Waals surface area (Å²) in [5, 5.41) is 4.56. The van der Waals surface area contributed by atoms with E-state index >= 15 is 0 Å². The molecule has 0 saturated heterocycles. The maximum Gasteiger partial charge on any atom is 0.407 e. The number of nitrogens with zero attached hydrogens (tertiary/aromatic N) is 3. The van der Waals surface area contributed by atoms with Crippen LogP contribution < -0.4 is 16.4 Å². The Hall–Kier alpha value is -3.37. The molecule has 0 aliphatic carbocycles. The van der Waals surface area contributed by atoms with Gasteiger partial charge in [0.05, 0.1) is 18.3 Å². The van der Waals surface area contributed by atoms with Crippen molar-refractivity contribution in [2.45, 2.75) is 12.2 Å². The van der Waals surface area contributed by atoms with Gasteiger partial charge in [0.25, 0.3) is 5.91 Å². The van der Waals surface area contributed by atoms with Gasteiger partial charge in [0, 0.05) is 35.0 Å². The second-order valence-corrected chi connectivity index (χ2v) is 6.16. The number of halogens is 3. The summed E-state index contributed by atoms with van der Waals surface area (Å²) in [5.41, 5.74) is 7.42. The molecule has 2 aromatic heterocycles. The quantitative estimate of drug-likeness (QED) is 0.596. The van der Waals surface area contributed by atoms with E-state index in [4.69, 9.17) is 5.73 Å². The van der Waals surface area contributed by atoms with E-state index in [1.807, 2.05) is 6.07 Å². The zero-order chi connectivity index (χ0) is 21.0. The predicted molar refractivity (Wildman–Crippen MR) is 100 cm³/mol. The molecule has 1 aromatic carbocycles. The van der Waals surface area contributed by atoms with Gasteiger partial charge in [-0.1, -0.05) is 6.07 Å². The number of hydrogen-bond donors (Lipinski definition) is 3. The SMILES string of the molecule is C[NH2+]/C(=C\C(N)C(F)(F)F)NC(=O)c1ccc2cc(-c3ccncn3)cnc2c1. The smallest absolute Gasteiger partial charge is 0.317 e. The Kier molecular flexibility index (Phi) is 5.85. The van der Waals surface area contributed by atoms with E-state index < -0.39 is 18.1 Å². The lowest BCUT2D eigenvalue weighted by atomic mass is 10.1. The minimum absolute atomic E-state index is 0.0213. The molecule has 1 atom stereocenters. The molecular formula is C19H18F3N6O+. The van der Waals surface area contributed by atoms with Gasteiger partial charge in [0.2, 0.25) is 5.82 Å². The zero-order valence-corrected chi connectivity index (χ0v) is 15.3.